The summed E-state index contributed by atoms with van der Waals surface area (Å²) in [5.41, 5.74) is 4.02. The van der Waals surface area contributed by atoms with Crippen LogP contribution in [0, 0.1) is 5.92 Å². The van der Waals surface area contributed by atoms with Crippen LogP contribution in [0.1, 0.15) is 31.3 Å². The number of nitrogens with one attached hydrogen (secondary N) is 2. The van der Waals surface area contributed by atoms with Gasteiger partial charge in [0.15, 0.2) is 0 Å². The van der Waals surface area contributed by atoms with Crippen molar-refractivity contribution in [2.75, 3.05) is 0 Å². The number of nitrogens with zero attached hydrogens (tertiary/aromatic N) is 3. The number of H-pyrrole nitrogens is 2. The van der Waals surface area contributed by atoms with Gasteiger partial charge in [-0.3, -0.25) is 4.99 Å². The third kappa shape index (κ3) is 3.93. The Bertz CT molecular complexity index is 1040. The molecule has 0 aliphatic carbocycles. The van der Waals surface area contributed by atoms with Gasteiger partial charge < -0.3 is 9.97 Å². The van der Waals surface area contributed by atoms with Crippen molar-refractivity contribution >= 4 is 6.21 Å². The van der Waals surface area contributed by atoms with E-state index < -0.39 is 0 Å². The first kappa shape index (κ1) is 17.9. The van der Waals surface area contributed by atoms with E-state index in [1.165, 1.54) is 0 Å². The van der Waals surface area contributed by atoms with Gasteiger partial charge in [0.05, 0.1) is 29.8 Å². The topological polar surface area (TPSA) is 69.7 Å². The minimum atomic E-state index is -0.00608. The average Bonchev–Trinajstić information content (AvgIpc) is 3.39. The number of hydrogen-bond acceptors (Lipinski definition) is 3. The maximum absolute atomic E-state index is 4.81. The Balaban J connectivity index is 1.55. The number of aromatic amines is 2. The summed E-state index contributed by atoms with van der Waals surface area (Å²) in [6, 6.07) is 20.2. The average molecular weight is 369 g/mol. The number of aromatic nitrogens is 4. The van der Waals surface area contributed by atoms with Crippen LogP contribution < -0.4 is 0 Å². The Morgan fingerprint density at radius 2 is 1.36 bits per heavy atom. The molecule has 5 nitrogen and oxygen atoms in total. The molecule has 0 fully saturated rings. The molecule has 4 aromatic rings. The number of rotatable bonds is 6. The summed E-state index contributed by atoms with van der Waals surface area (Å²) in [5, 5.41) is 0. The standard InChI is InChI=1S/C23H23N5/c1-16(2)21(20-15-26-23(28-20)18-11-7-4-8-12-18)24-13-19-14-25-22(27-19)17-9-5-3-6-10-17/h3-16,21H,1-2H3,(H,25,27)(H,26,28)/t21-/m0/s1. The van der Waals surface area contributed by atoms with E-state index in [0.29, 0.717) is 5.92 Å². The number of benzene rings is 2. The van der Waals surface area contributed by atoms with E-state index in [-0.39, 0.29) is 6.04 Å². The molecule has 2 N–H and O–H groups in total. The predicted octanol–water partition coefficient (Wildman–Crippen LogP) is 5.28. The van der Waals surface area contributed by atoms with E-state index in [2.05, 4.69) is 33.8 Å². The Morgan fingerprint density at radius 3 is 1.96 bits per heavy atom. The van der Waals surface area contributed by atoms with Crippen LogP contribution in [0.3, 0.4) is 0 Å². The lowest BCUT2D eigenvalue weighted by Crippen LogP contribution is -2.05. The molecule has 0 aliphatic heterocycles. The second kappa shape index (κ2) is 8.05. The van der Waals surface area contributed by atoms with E-state index in [1.54, 1.807) is 0 Å². The molecule has 0 bridgehead atoms. The van der Waals surface area contributed by atoms with Crippen molar-refractivity contribution in [1.29, 1.82) is 0 Å². The van der Waals surface area contributed by atoms with Crippen molar-refractivity contribution < 1.29 is 0 Å². The summed E-state index contributed by atoms with van der Waals surface area (Å²) < 4.78 is 0. The van der Waals surface area contributed by atoms with E-state index in [9.17, 15) is 0 Å². The highest BCUT2D eigenvalue weighted by atomic mass is 15.0. The van der Waals surface area contributed by atoms with Gasteiger partial charge in [-0.25, -0.2) is 9.97 Å². The van der Waals surface area contributed by atoms with Crippen LogP contribution in [0.25, 0.3) is 22.8 Å². The van der Waals surface area contributed by atoms with E-state index in [1.807, 2.05) is 79.3 Å². The fourth-order valence-electron chi connectivity index (χ4n) is 3.14. The third-order valence-electron chi connectivity index (χ3n) is 4.61. The lowest BCUT2D eigenvalue weighted by molar-refractivity contribution is 0.509. The SMILES string of the molecule is CC(C)[C@H](N=Cc1cnc(-c2ccccc2)[nH]1)c1cnc(-c2ccccc2)[nH]1. The molecule has 0 saturated heterocycles. The van der Waals surface area contributed by atoms with Gasteiger partial charge in [0.25, 0.3) is 0 Å². The van der Waals surface area contributed by atoms with Crippen molar-refractivity contribution in [1.82, 2.24) is 19.9 Å². The lowest BCUT2D eigenvalue weighted by Gasteiger charge is -2.14. The van der Waals surface area contributed by atoms with Crippen LogP contribution >= 0.6 is 0 Å². The van der Waals surface area contributed by atoms with Gasteiger partial charge in [0.1, 0.15) is 11.6 Å². The highest BCUT2D eigenvalue weighted by Crippen LogP contribution is 2.26. The zero-order chi connectivity index (χ0) is 19.3. The summed E-state index contributed by atoms with van der Waals surface area (Å²) in [5.74, 6) is 2.04. The molecular formula is C23H23N5. The Labute approximate surface area is 164 Å². The molecule has 0 amide bonds. The van der Waals surface area contributed by atoms with E-state index in [4.69, 9.17) is 4.99 Å². The van der Waals surface area contributed by atoms with Gasteiger partial charge in [-0.1, -0.05) is 74.5 Å². The molecule has 0 saturated carbocycles. The van der Waals surface area contributed by atoms with Crippen LogP contribution in [0.5, 0.6) is 0 Å². The molecular weight excluding hydrogens is 346 g/mol. The molecule has 2 heterocycles. The van der Waals surface area contributed by atoms with Gasteiger partial charge >= 0.3 is 0 Å². The first-order valence-corrected chi connectivity index (χ1v) is 9.44. The molecule has 1 atom stereocenters. The molecule has 0 radical (unpaired) electrons. The van der Waals surface area contributed by atoms with Crippen molar-refractivity contribution in [3.05, 3.63) is 84.4 Å². The summed E-state index contributed by atoms with van der Waals surface area (Å²) >= 11 is 0. The molecule has 5 heteroatoms. The summed E-state index contributed by atoms with van der Waals surface area (Å²) in [6.07, 6.45) is 5.55. The van der Waals surface area contributed by atoms with Gasteiger partial charge in [-0.2, -0.15) is 0 Å². The van der Waals surface area contributed by atoms with Crippen LogP contribution in [-0.2, 0) is 0 Å². The first-order valence-electron chi connectivity index (χ1n) is 9.44. The summed E-state index contributed by atoms with van der Waals surface area (Å²) in [7, 11) is 0. The van der Waals surface area contributed by atoms with Crippen molar-refractivity contribution in [2.45, 2.75) is 19.9 Å². The molecule has 2 aromatic carbocycles. The number of hydrogen-bond donors (Lipinski definition) is 2. The Morgan fingerprint density at radius 1 is 0.786 bits per heavy atom. The zero-order valence-electron chi connectivity index (χ0n) is 16.0. The zero-order valence-corrected chi connectivity index (χ0v) is 16.0. The number of imidazole rings is 2. The van der Waals surface area contributed by atoms with E-state index >= 15 is 0 Å². The molecule has 0 unspecified atom stereocenters. The second-order valence-corrected chi connectivity index (χ2v) is 7.07. The quantitative estimate of drug-likeness (QED) is 0.454. The smallest absolute Gasteiger partial charge is 0.137 e. The molecule has 0 spiro atoms. The summed E-state index contributed by atoms with van der Waals surface area (Å²) in [4.78, 5) is 20.6. The van der Waals surface area contributed by atoms with Gasteiger partial charge in [-0.05, 0) is 5.92 Å². The van der Waals surface area contributed by atoms with Crippen molar-refractivity contribution in [3.63, 3.8) is 0 Å². The highest BCUT2D eigenvalue weighted by Gasteiger charge is 2.17. The van der Waals surface area contributed by atoms with Crippen LogP contribution in [-0.4, -0.2) is 26.2 Å². The first-order chi connectivity index (χ1) is 13.7. The maximum Gasteiger partial charge on any atom is 0.137 e. The molecule has 0 aliphatic rings. The summed E-state index contributed by atoms with van der Waals surface area (Å²) in [6.45, 7) is 4.32. The minimum absolute atomic E-state index is 0.00608. The van der Waals surface area contributed by atoms with Crippen LogP contribution in [0.4, 0.5) is 0 Å². The fraction of sp³-hybridized carbons (Fsp3) is 0.174. The normalized spacial score (nSPS) is 12.7. The van der Waals surface area contributed by atoms with E-state index in [0.717, 1.165) is 34.2 Å². The third-order valence-corrected chi connectivity index (χ3v) is 4.61. The highest BCUT2D eigenvalue weighted by molar-refractivity contribution is 5.78. The molecule has 2 aromatic heterocycles. The van der Waals surface area contributed by atoms with Crippen molar-refractivity contribution in [2.24, 2.45) is 10.9 Å². The fourth-order valence-corrected chi connectivity index (χ4v) is 3.14. The van der Waals surface area contributed by atoms with Crippen LogP contribution in [0.2, 0.25) is 0 Å². The van der Waals surface area contributed by atoms with Gasteiger partial charge in [0.2, 0.25) is 0 Å². The largest absolute Gasteiger partial charge is 0.340 e. The number of aliphatic imine (C=N–C) groups is 1. The molecule has 140 valence electrons. The minimum Gasteiger partial charge on any atom is -0.340 e. The lowest BCUT2D eigenvalue weighted by atomic mass is 10.0. The second-order valence-electron chi connectivity index (χ2n) is 7.07. The Hall–Kier alpha value is -3.47. The van der Waals surface area contributed by atoms with Gasteiger partial charge in [-0.15, -0.1) is 0 Å². The molecule has 4 rings (SSSR count). The van der Waals surface area contributed by atoms with Gasteiger partial charge in [0, 0.05) is 17.3 Å². The maximum atomic E-state index is 4.81. The van der Waals surface area contributed by atoms with Crippen molar-refractivity contribution in [3.8, 4) is 22.8 Å². The molecule has 28 heavy (non-hydrogen) atoms. The Kier molecular flexibility index (Phi) is 5.15. The predicted molar refractivity (Wildman–Crippen MR) is 113 cm³/mol. The van der Waals surface area contributed by atoms with Crippen LogP contribution in [0.15, 0.2) is 78.0 Å². The monoisotopic (exact) mass is 369 g/mol.